The number of rotatable bonds is 9. The molecule has 0 aromatic heterocycles. The molecule has 0 bridgehead atoms. The number of hydrogen-bond acceptors (Lipinski definition) is 3. The van der Waals surface area contributed by atoms with Gasteiger partial charge in [-0.25, -0.2) is 0 Å². The highest BCUT2D eigenvalue weighted by Gasteiger charge is 2.14. The summed E-state index contributed by atoms with van der Waals surface area (Å²) in [6.45, 7) is 19.6. The Morgan fingerprint density at radius 2 is 1.46 bits per heavy atom. The minimum atomic E-state index is 0.140. The van der Waals surface area contributed by atoms with Crippen molar-refractivity contribution in [2.24, 2.45) is 5.92 Å². The summed E-state index contributed by atoms with van der Waals surface area (Å²) in [5.74, 6) is 1.86. The molecule has 4 heteroatoms. The fourth-order valence-electron chi connectivity index (χ4n) is 2.74. The normalized spacial score (nSPS) is 10.5. The summed E-state index contributed by atoms with van der Waals surface area (Å²) < 4.78 is 0. The molecule has 198 valence electrons. The Bertz CT molecular complexity index is 798. The summed E-state index contributed by atoms with van der Waals surface area (Å²) in [7, 11) is 2.03. The van der Waals surface area contributed by atoms with E-state index < -0.39 is 0 Å². The van der Waals surface area contributed by atoms with E-state index in [9.17, 15) is 4.79 Å². The van der Waals surface area contributed by atoms with E-state index in [0.29, 0.717) is 0 Å². The molecule has 0 radical (unpaired) electrons. The van der Waals surface area contributed by atoms with Crippen molar-refractivity contribution in [3.8, 4) is 0 Å². The van der Waals surface area contributed by atoms with Crippen LogP contribution in [0.5, 0.6) is 0 Å². The summed E-state index contributed by atoms with van der Waals surface area (Å²) in [4.78, 5) is 14.9. The molecule has 0 atom stereocenters. The van der Waals surface area contributed by atoms with Crippen molar-refractivity contribution < 1.29 is 4.79 Å². The molecule has 0 heterocycles. The van der Waals surface area contributed by atoms with E-state index in [4.69, 9.17) is 11.6 Å². The van der Waals surface area contributed by atoms with Gasteiger partial charge in [0.05, 0.1) is 4.91 Å². The molecule has 0 spiro atoms. The molecule has 2 aromatic carbocycles. The van der Waals surface area contributed by atoms with Gasteiger partial charge in [0.15, 0.2) is 5.78 Å². The molecule has 35 heavy (non-hydrogen) atoms. The van der Waals surface area contributed by atoms with Gasteiger partial charge in [0.2, 0.25) is 0 Å². The van der Waals surface area contributed by atoms with Crippen LogP contribution in [0.3, 0.4) is 0 Å². The second-order valence-electron chi connectivity index (χ2n) is 8.19. The quantitative estimate of drug-likeness (QED) is 0.307. The zero-order valence-corrected chi connectivity index (χ0v) is 25.5. The van der Waals surface area contributed by atoms with Gasteiger partial charge in [-0.05, 0) is 50.8 Å². The lowest BCUT2D eigenvalue weighted by Gasteiger charge is -2.22. The van der Waals surface area contributed by atoms with Crippen LogP contribution in [0.25, 0.3) is 0 Å². The third-order valence-electron chi connectivity index (χ3n) is 5.48. The first kappa shape index (κ1) is 35.5. The van der Waals surface area contributed by atoms with E-state index in [2.05, 4.69) is 58.6 Å². The molecule has 0 unspecified atom stereocenters. The highest BCUT2D eigenvalue weighted by atomic mass is 35.5. The number of carbonyl (C=O) groups excluding carboxylic acids is 1. The number of halogens is 1. The van der Waals surface area contributed by atoms with Crippen LogP contribution in [-0.4, -0.2) is 24.3 Å². The predicted molar refractivity (Wildman–Crippen MR) is 161 cm³/mol. The lowest BCUT2D eigenvalue weighted by molar-refractivity contribution is -0.113. The molecule has 0 saturated heterocycles. The second kappa shape index (κ2) is 22.7. The van der Waals surface area contributed by atoms with E-state index in [-0.39, 0.29) is 5.78 Å². The monoisotopic (exact) mass is 519 g/mol. The average molecular weight is 520 g/mol. The maximum atomic E-state index is 11.9. The molecule has 2 aromatic rings. The Morgan fingerprint density at radius 3 is 1.77 bits per heavy atom. The van der Waals surface area contributed by atoms with E-state index in [0.717, 1.165) is 40.3 Å². The summed E-state index contributed by atoms with van der Waals surface area (Å²) in [5.41, 5.74) is 3.62. The molecule has 0 aliphatic rings. The van der Waals surface area contributed by atoms with Crippen LogP contribution < -0.4 is 0 Å². The van der Waals surface area contributed by atoms with Crippen molar-refractivity contribution >= 4 is 29.1 Å². The Morgan fingerprint density at radius 1 is 0.943 bits per heavy atom. The minimum absolute atomic E-state index is 0.140. The molecule has 0 fully saturated rings. The van der Waals surface area contributed by atoms with Crippen LogP contribution in [-0.2, 0) is 10.5 Å². The van der Waals surface area contributed by atoms with Crippen LogP contribution in [0.2, 0.25) is 5.02 Å². The number of allylic oxidation sites excluding steroid dienone is 2. The van der Waals surface area contributed by atoms with Gasteiger partial charge in [-0.15, -0.1) is 11.8 Å². The zero-order chi connectivity index (χ0) is 27.2. The van der Waals surface area contributed by atoms with Gasteiger partial charge in [0.1, 0.15) is 0 Å². The van der Waals surface area contributed by atoms with Crippen LogP contribution >= 0.6 is 23.4 Å². The number of nitrogens with zero attached hydrogens (tertiary/aromatic N) is 1. The Kier molecular flexibility index (Phi) is 23.0. The highest BCUT2D eigenvalue weighted by Crippen LogP contribution is 2.28. The van der Waals surface area contributed by atoms with Gasteiger partial charge >= 0.3 is 0 Å². The number of aryl methyl sites for hydroxylation is 1. The highest BCUT2D eigenvalue weighted by molar-refractivity contribution is 8.03. The summed E-state index contributed by atoms with van der Waals surface area (Å²) in [6, 6.07) is 18.0. The van der Waals surface area contributed by atoms with Gasteiger partial charge in [0.25, 0.3) is 0 Å². The summed E-state index contributed by atoms with van der Waals surface area (Å²) in [6.07, 6.45) is 3.53. The van der Waals surface area contributed by atoms with Crippen LogP contribution in [0.4, 0.5) is 0 Å². The van der Waals surface area contributed by atoms with Crippen molar-refractivity contribution in [3.63, 3.8) is 0 Å². The van der Waals surface area contributed by atoms with Crippen molar-refractivity contribution in [2.45, 2.75) is 87.3 Å². The number of benzene rings is 2. The molecular weight excluding hydrogens is 470 g/mol. The third-order valence-corrected chi connectivity index (χ3v) is 7.02. The lowest BCUT2D eigenvalue weighted by atomic mass is 10.1. The largest absolute Gasteiger partial charge is 0.377 e. The Hall–Kier alpha value is -1.71. The fraction of sp³-hybridized carbons (Fsp3) is 0.516. The maximum absolute atomic E-state index is 11.9. The lowest BCUT2D eigenvalue weighted by Crippen LogP contribution is -2.19. The molecule has 0 amide bonds. The van der Waals surface area contributed by atoms with Crippen LogP contribution in [0.15, 0.2) is 65.2 Å². The van der Waals surface area contributed by atoms with Crippen molar-refractivity contribution in [3.05, 3.63) is 81.3 Å². The van der Waals surface area contributed by atoms with E-state index in [1.165, 1.54) is 24.0 Å². The molecular formula is C31H50ClNOS. The van der Waals surface area contributed by atoms with E-state index in [1.54, 1.807) is 18.7 Å². The number of hydrogen-bond donors (Lipinski definition) is 0. The van der Waals surface area contributed by atoms with Crippen LogP contribution in [0.1, 0.15) is 85.8 Å². The average Bonchev–Trinajstić information content (AvgIpc) is 2.88. The predicted octanol–water partition coefficient (Wildman–Crippen LogP) is 10.2. The number of carbonyl (C=O) groups is 1. The van der Waals surface area contributed by atoms with Gasteiger partial charge < -0.3 is 4.90 Å². The van der Waals surface area contributed by atoms with Gasteiger partial charge in [-0.1, -0.05) is 114 Å². The standard InChI is InChI=1S/C16H22ClNOS.C7H8.C6H14.C2H6/c1-5-15(18(4)6-2)16(12(3)19)20-11-13-7-9-14(17)10-8-13;1-7-5-3-2-4-6-7;1-4-6(3)5-2;1-2/h7-10H,5-6,11H2,1-4H3;2-6H,1H3;6H,4-5H2,1-3H3;1-2H3/b16-15-;;;. The number of thioether (sulfide) groups is 1. The van der Waals surface area contributed by atoms with Crippen molar-refractivity contribution in [1.29, 1.82) is 0 Å². The number of ketones is 1. The zero-order valence-electron chi connectivity index (χ0n) is 24.0. The molecule has 2 nitrogen and oxygen atoms in total. The second-order valence-corrected chi connectivity index (χ2v) is 9.61. The molecule has 0 N–H and O–H groups in total. The first-order chi connectivity index (χ1) is 16.7. The first-order valence-electron chi connectivity index (χ1n) is 13.0. The molecule has 2 rings (SSSR count). The topological polar surface area (TPSA) is 20.3 Å². The van der Waals surface area contributed by atoms with Gasteiger partial charge in [-0.2, -0.15) is 0 Å². The third kappa shape index (κ3) is 17.4. The smallest absolute Gasteiger partial charge is 0.167 e. The first-order valence-corrected chi connectivity index (χ1v) is 14.4. The summed E-state index contributed by atoms with van der Waals surface area (Å²) in [5, 5.41) is 0.737. The Balaban J connectivity index is 0. The summed E-state index contributed by atoms with van der Waals surface area (Å²) >= 11 is 7.49. The number of Topliss-reactive ketones (excluding diaryl/α,β-unsaturated/α-hetero) is 1. The van der Waals surface area contributed by atoms with E-state index >= 15 is 0 Å². The Labute approximate surface area is 226 Å². The maximum Gasteiger partial charge on any atom is 0.167 e. The van der Waals surface area contributed by atoms with Gasteiger partial charge in [-0.3, -0.25) is 4.79 Å². The molecule has 0 aliphatic carbocycles. The van der Waals surface area contributed by atoms with E-state index in [1.807, 2.05) is 63.4 Å². The minimum Gasteiger partial charge on any atom is -0.377 e. The van der Waals surface area contributed by atoms with Crippen molar-refractivity contribution in [2.75, 3.05) is 13.6 Å². The van der Waals surface area contributed by atoms with Crippen LogP contribution in [0, 0.1) is 12.8 Å². The fourth-order valence-corrected chi connectivity index (χ4v) is 4.04. The SMILES string of the molecule is CC.CC/C(=C(/SCc1ccc(Cl)cc1)C(C)=O)N(C)CC.CCC(C)CC.Cc1ccccc1. The van der Waals surface area contributed by atoms with Gasteiger partial charge in [0, 0.05) is 30.1 Å². The molecule has 0 saturated carbocycles. The van der Waals surface area contributed by atoms with Crippen molar-refractivity contribution in [1.82, 2.24) is 4.90 Å². The molecule has 0 aliphatic heterocycles.